The van der Waals surface area contributed by atoms with Crippen LogP contribution in [-0.2, 0) is 75.4 Å². The third-order valence-corrected chi connectivity index (χ3v) is 25.4. The fraction of sp³-hybridized carbons (Fsp3) is 0.330. The minimum absolute atomic E-state index is 0.00762. The first-order chi connectivity index (χ1) is 61.3. The average molecular weight is 1890 g/mol. The topological polar surface area (TPSA) is 278 Å². The molecule has 6 aromatic carbocycles. The lowest BCUT2D eigenvalue weighted by molar-refractivity contribution is -0.0888. The number of hydrogen-bond acceptors (Lipinski definition) is 19. The van der Waals surface area contributed by atoms with Crippen molar-refractivity contribution < 1.29 is 80.0 Å². The van der Waals surface area contributed by atoms with Crippen molar-refractivity contribution in [1.29, 1.82) is 0 Å². The van der Waals surface area contributed by atoms with Crippen LogP contribution in [0.4, 0.5) is 22.8 Å². The van der Waals surface area contributed by atoms with Crippen LogP contribution in [0, 0.1) is 17.5 Å². The molecule has 11 aromatic rings. The van der Waals surface area contributed by atoms with Gasteiger partial charge in [0.15, 0.2) is 23.0 Å². The summed E-state index contributed by atoms with van der Waals surface area (Å²) in [7, 11) is 3.40. The molecule has 1 unspecified atom stereocenters. The number of pyridine rings is 3. The summed E-state index contributed by atoms with van der Waals surface area (Å²) in [4.78, 5) is 101. The van der Waals surface area contributed by atoms with E-state index < -0.39 is 105 Å². The maximum Gasteiger partial charge on any atom is 0.494 e. The van der Waals surface area contributed by atoms with Gasteiger partial charge in [0, 0.05) is 121 Å². The van der Waals surface area contributed by atoms with Crippen LogP contribution in [0.1, 0.15) is 197 Å². The molecule has 36 heteroatoms. The number of nitrogens with zero attached hydrogens (tertiary/aromatic N) is 12. The number of benzene rings is 6. The Morgan fingerprint density at radius 2 is 0.792 bits per heavy atom. The Morgan fingerprint density at radius 3 is 1.16 bits per heavy atom. The zero-order chi connectivity index (χ0) is 93.6. The van der Waals surface area contributed by atoms with Gasteiger partial charge in [-0.15, -0.1) is 0 Å². The van der Waals surface area contributed by atoms with Crippen LogP contribution in [0.3, 0.4) is 0 Å². The highest BCUT2D eigenvalue weighted by molar-refractivity contribution is 6.62. The molecule has 0 saturated carbocycles. The molecule has 3 fully saturated rings. The standard InChI is InChI=1S/C34H34Cl2FN5O5.C33H30Cl2FN5O5.C27H26BCl2FN2O4/c1-32(2,3)47-31(44)40-18-26(19-40)42-16-22(14-39-42)33(4,45)21-12-27-29(28(37)13-21)34(46-5,20-6-8-23(35)9-7-20)41(30(27)43)17-25-11-10-24(36)15-38-25;1-32(2,3)46-31(44)39-17-25(18-39)41-15-20(13-38-41)29(42)19-11-26-28(27(36)12-19)33(45-4,21-5-7-22(34)8-6-21)40(30(26)43)16-24-10-9-23(35)14-37-24;1-25(2)26(3,4)37-28(36-25)17-12-21-23(22(31)13-17)27(35-5,16-6-8-18(29)9-7-16)33(24(21)34)15-20-11-10-19(30)14-32-20/h6-16,26,45H,17-19H2,1-5H3;5-15,25H,16-18H2,1-4H3;6-14H,15H2,1-5H3/t33?,34-;33-;27-/m111/s1. The van der Waals surface area contributed by atoms with E-state index in [1.54, 1.807) is 188 Å². The Balaban J connectivity index is 0.000000151. The lowest BCUT2D eigenvalue weighted by atomic mass is 9.77. The van der Waals surface area contributed by atoms with E-state index in [0.29, 0.717) is 101 Å². The van der Waals surface area contributed by atoms with E-state index in [1.807, 2.05) is 27.7 Å². The number of amides is 5. The van der Waals surface area contributed by atoms with E-state index in [0.717, 1.165) is 6.07 Å². The fourth-order valence-electron chi connectivity index (χ4n) is 16.6. The quantitative estimate of drug-likeness (QED) is 0.0581. The first-order valence-corrected chi connectivity index (χ1v) is 43.5. The van der Waals surface area contributed by atoms with Gasteiger partial charge < -0.3 is 47.9 Å². The maximum absolute atomic E-state index is 16.5. The van der Waals surface area contributed by atoms with Crippen LogP contribution in [0.5, 0.6) is 0 Å². The molecule has 26 nitrogen and oxygen atoms in total. The number of halogens is 9. The first-order valence-electron chi connectivity index (χ1n) is 41.2. The molecule has 0 spiro atoms. The van der Waals surface area contributed by atoms with Crippen molar-refractivity contribution in [2.45, 2.75) is 153 Å². The molecular weight excluding hydrogens is 1800 g/mol. The number of carbonyl (C=O) groups is 6. The number of hydrogen-bond donors (Lipinski definition) is 1. The SMILES string of the molecule is CO[C@]1(c2ccc(Cl)cc2)c2c(F)cc(B3OC(C)(C)C(C)(C)O3)cc2C(=O)N1Cc1ccc(Cl)cn1.CO[C@]1(c2ccc(Cl)cc2)c2c(F)cc(C(=O)c3cnn(C4CN(C(=O)OC(C)(C)C)C4)c3)cc2C(=O)N1Cc1ccc(Cl)cn1.CO[C@]1(c2ccc(Cl)cc2)c2c(F)cc(C(C)(O)c3cnn(C4CN(C(=O)OC(C)(C)C)C4)c3)cc2C(=O)N1Cc1ccc(Cl)cn1. The van der Waals surface area contributed by atoms with Gasteiger partial charge in [0.2, 0.25) is 0 Å². The van der Waals surface area contributed by atoms with Crippen LogP contribution in [0.2, 0.25) is 30.1 Å². The highest BCUT2D eigenvalue weighted by Crippen LogP contribution is 2.53. The number of carbonyl (C=O) groups excluding carboxylic acids is 6. The second-order valence-electron chi connectivity index (χ2n) is 35.3. The minimum atomic E-state index is -1.73. The lowest BCUT2D eigenvalue weighted by Gasteiger charge is -2.39. The van der Waals surface area contributed by atoms with Gasteiger partial charge in [-0.3, -0.25) is 58.2 Å². The first kappa shape index (κ1) is 93.8. The molecule has 11 heterocycles. The van der Waals surface area contributed by atoms with Gasteiger partial charge in [0.25, 0.3) is 17.7 Å². The number of ether oxygens (including phenoxy) is 5. The van der Waals surface area contributed by atoms with Gasteiger partial charge in [0.05, 0.1) is 126 Å². The number of aromatic nitrogens is 7. The molecular formula is C94H90BCl6F3N12O14. The predicted octanol–water partition coefficient (Wildman–Crippen LogP) is 17.9. The summed E-state index contributed by atoms with van der Waals surface area (Å²) in [6, 6.07) is 37.9. The smallest absolute Gasteiger partial charge is 0.444 e. The molecule has 676 valence electrons. The molecule has 6 aliphatic rings. The largest absolute Gasteiger partial charge is 0.494 e. The zero-order valence-corrected chi connectivity index (χ0v) is 77.6. The third kappa shape index (κ3) is 17.7. The van der Waals surface area contributed by atoms with Gasteiger partial charge in [-0.2, -0.15) is 10.2 Å². The highest BCUT2D eigenvalue weighted by Gasteiger charge is 2.59. The normalized spacial score (nSPS) is 19.6. The number of likely N-dealkylation sites (tertiary alicyclic amines) is 2. The van der Waals surface area contributed by atoms with Crippen LogP contribution in [0.25, 0.3) is 0 Å². The minimum Gasteiger partial charge on any atom is -0.444 e. The summed E-state index contributed by atoms with van der Waals surface area (Å²) in [6.45, 7) is 21.5. The Hall–Kier alpha value is -10.8. The van der Waals surface area contributed by atoms with E-state index in [-0.39, 0.29) is 81.8 Å². The monoisotopic (exact) mass is 1890 g/mol. The van der Waals surface area contributed by atoms with Gasteiger partial charge in [-0.05, 0) is 196 Å². The lowest BCUT2D eigenvalue weighted by Crippen LogP contribution is -2.52. The number of fused-ring (bicyclic) bond motifs is 3. The molecule has 0 aliphatic carbocycles. The summed E-state index contributed by atoms with van der Waals surface area (Å²) < 4.78 is 93.5. The number of aliphatic hydroxyl groups is 1. The van der Waals surface area contributed by atoms with Crippen molar-refractivity contribution in [2.24, 2.45) is 0 Å². The predicted molar refractivity (Wildman–Crippen MR) is 480 cm³/mol. The molecule has 0 bridgehead atoms. The number of rotatable bonds is 19. The van der Waals surface area contributed by atoms with Crippen molar-refractivity contribution in [3.05, 3.63) is 326 Å². The molecule has 6 aliphatic heterocycles. The fourth-order valence-corrected chi connectivity index (χ4v) is 17.3. The van der Waals surface area contributed by atoms with E-state index in [1.165, 1.54) is 98.2 Å². The van der Waals surface area contributed by atoms with Crippen LogP contribution < -0.4 is 5.46 Å². The zero-order valence-electron chi connectivity index (χ0n) is 73.1. The van der Waals surface area contributed by atoms with E-state index >= 15 is 13.2 Å². The van der Waals surface area contributed by atoms with Crippen molar-refractivity contribution in [3.8, 4) is 0 Å². The second kappa shape index (κ2) is 35.7. The van der Waals surface area contributed by atoms with E-state index in [2.05, 4.69) is 25.1 Å². The van der Waals surface area contributed by atoms with Crippen molar-refractivity contribution in [1.82, 2.24) is 59.0 Å². The Labute approximate surface area is 778 Å². The molecule has 4 atom stereocenters. The highest BCUT2D eigenvalue weighted by atomic mass is 35.5. The Morgan fingerprint density at radius 1 is 0.446 bits per heavy atom. The van der Waals surface area contributed by atoms with Gasteiger partial charge in [0.1, 0.15) is 34.3 Å². The summed E-state index contributed by atoms with van der Waals surface area (Å²) in [6.07, 6.45) is 9.70. The Kier molecular flexibility index (Phi) is 25.8. The molecule has 130 heavy (non-hydrogen) atoms. The van der Waals surface area contributed by atoms with Gasteiger partial charge >= 0.3 is 19.3 Å². The van der Waals surface area contributed by atoms with E-state index in [4.69, 9.17) is 103 Å². The van der Waals surface area contributed by atoms with Gasteiger partial charge in [-0.1, -0.05) is 106 Å². The molecule has 17 rings (SSSR count). The molecule has 5 amide bonds. The molecule has 3 saturated heterocycles. The van der Waals surface area contributed by atoms with Crippen molar-refractivity contribution >= 4 is 118 Å². The van der Waals surface area contributed by atoms with Crippen LogP contribution >= 0.6 is 69.6 Å². The summed E-state index contributed by atoms with van der Waals surface area (Å²) in [5, 5.41) is 23.3. The van der Waals surface area contributed by atoms with Gasteiger partial charge in [-0.25, -0.2) is 22.8 Å². The van der Waals surface area contributed by atoms with Crippen LogP contribution in [-0.4, -0.2) is 177 Å². The molecule has 5 aromatic heterocycles. The summed E-state index contributed by atoms with van der Waals surface area (Å²) in [5.74, 6) is -4.15. The third-order valence-electron chi connectivity index (χ3n) is 23.9. The molecule has 0 radical (unpaired) electrons. The summed E-state index contributed by atoms with van der Waals surface area (Å²) >= 11 is 36.6. The summed E-state index contributed by atoms with van der Waals surface area (Å²) in [5.41, 5.74) is -4.66. The van der Waals surface area contributed by atoms with Crippen molar-refractivity contribution in [3.63, 3.8) is 0 Å². The van der Waals surface area contributed by atoms with E-state index in [9.17, 15) is 33.9 Å². The van der Waals surface area contributed by atoms with Crippen LogP contribution in [0.15, 0.2) is 189 Å². The number of methoxy groups -OCH3 is 3. The van der Waals surface area contributed by atoms with Crippen molar-refractivity contribution in [2.75, 3.05) is 47.5 Å². The number of ketones is 1. The average Bonchev–Trinajstić information content (AvgIpc) is 1.56. The second-order valence-corrected chi connectivity index (χ2v) is 37.9. The maximum atomic E-state index is 16.5. The Bertz CT molecular complexity index is 6200. The molecule has 1 N–H and O–H groups in total.